The second-order valence-electron chi connectivity index (χ2n) is 4.56. The van der Waals surface area contributed by atoms with E-state index in [1.165, 1.54) is 15.6 Å². The van der Waals surface area contributed by atoms with Crippen molar-refractivity contribution < 1.29 is 13.5 Å². The Labute approximate surface area is 120 Å². The van der Waals surface area contributed by atoms with Gasteiger partial charge in [-0.2, -0.15) is 4.31 Å². The van der Waals surface area contributed by atoms with Gasteiger partial charge < -0.3 is 5.11 Å². The third kappa shape index (κ3) is 2.96. The lowest BCUT2D eigenvalue weighted by atomic mass is 10.1. The fourth-order valence-electron chi connectivity index (χ4n) is 2.31. The monoisotopic (exact) mass is 353 g/mol. The van der Waals surface area contributed by atoms with Crippen LogP contribution in [0.2, 0.25) is 0 Å². The summed E-state index contributed by atoms with van der Waals surface area (Å²) in [5, 5.41) is 9.44. The highest BCUT2D eigenvalue weighted by Gasteiger charge is 2.36. The van der Waals surface area contributed by atoms with Crippen LogP contribution < -0.4 is 0 Å². The van der Waals surface area contributed by atoms with Crippen molar-refractivity contribution in [3.05, 3.63) is 15.9 Å². The average molecular weight is 354 g/mol. The predicted molar refractivity (Wildman–Crippen MR) is 75.2 cm³/mol. The molecule has 1 fully saturated rings. The Hall–Kier alpha value is 0.0500. The number of hydrogen-bond acceptors (Lipinski definition) is 4. The van der Waals surface area contributed by atoms with Crippen LogP contribution in [0.15, 0.2) is 20.1 Å². The highest BCUT2D eigenvalue weighted by Crippen LogP contribution is 2.33. The average Bonchev–Trinajstić information content (AvgIpc) is 2.86. The molecule has 2 rings (SSSR count). The lowest BCUT2D eigenvalue weighted by Crippen LogP contribution is -2.36. The standard InChI is InChI=1S/C11H16BrNO3S2/c1-8(14)7-9-3-2-6-13(9)18(15,16)11-5-4-10(12)17-11/h4-5,8-9,14H,2-3,6-7H2,1H3. The molecule has 1 aliphatic rings. The number of halogens is 1. The van der Waals surface area contributed by atoms with Crippen LogP contribution in [0, 0.1) is 0 Å². The molecule has 0 saturated carbocycles. The maximum Gasteiger partial charge on any atom is 0.252 e. The summed E-state index contributed by atoms with van der Waals surface area (Å²) in [7, 11) is -3.40. The molecule has 4 nitrogen and oxygen atoms in total. The van der Waals surface area contributed by atoms with E-state index in [1.807, 2.05) is 0 Å². The number of aliphatic hydroxyl groups excluding tert-OH is 1. The summed E-state index contributed by atoms with van der Waals surface area (Å²) in [4.78, 5) is 0. The minimum absolute atomic E-state index is 0.0733. The molecule has 0 bridgehead atoms. The summed E-state index contributed by atoms with van der Waals surface area (Å²) in [6.07, 6.45) is 1.73. The lowest BCUT2D eigenvalue weighted by molar-refractivity contribution is 0.158. The number of thiophene rings is 1. The Balaban J connectivity index is 2.24. The van der Waals surface area contributed by atoms with Gasteiger partial charge in [0.2, 0.25) is 0 Å². The quantitative estimate of drug-likeness (QED) is 0.904. The SMILES string of the molecule is CC(O)CC1CCCN1S(=O)(=O)c1ccc(Br)s1. The molecule has 102 valence electrons. The van der Waals surface area contributed by atoms with Crippen LogP contribution in [0.1, 0.15) is 26.2 Å². The second kappa shape index (κ2) is 5.58. The van der Waals surface area contributed by atoms with Crippen LogP contribution >= 0.6 is 27.3 Å². The van der Waals surface area contributed by atoms with E-state index in [4.69, 9.17) is 0 Å². The van der Waals surface area contributed by atoms with Crippen molar-refractivity contribution in [3.63, 3.8) is 0 Å². The van der Waals surface area contributed by atoms with E-state index in [0.29, 0.717) is 17.2 Å². The molecular weight excluding hydrogens is 338 g/mol. The van der Waals surface area contributed by atoms with Gasteiger partial charge in [0.05, 0.1) is 9.89 Å². The zero-order valence-corrected chi connectivity index (χ0v) is 13.3. The summed E-state index contributed by atoms with van der Waals surface area (Å²) in [5.41, 5.74) is 0. The highest BCUT2D eigenvalue weighted by atomic mass is 79.9. The lowest BCUT2D eigenvalue weighted by Gasteiger charge is -2.24. The van der Waals surface area contributed by atoms with Crippen molar-refractivity contribution in [2.75, 3.05) is 6.54 Å². The number of sulfonamides is 1. The Kier molecular flexibility index (Phi) is 4.48. The molecular formula is C11H16BrNO3S2. The maximum atomic E-state index is 12.5. The molecule has 7 heteroatoms. The normalized spacial score (nSPS) is 23.4. The molecule has 0 radical (unpaired) electrons. The molecule has 0 aliphatic carbocycles. The molecule has 1 aromatic rings. The van der Waals surface area contributed by atoms with Crippen molar-refractivity contribution in [1.29, 1.82) is 0 Å². The van der Waals surface area contributed by atoms with Gasteiger partial charge in [-0.3, -0.25) is 0 Å². The number of rotatable bonds is 4. The van der Waals surface area contributed by atoms with Gasteiger partial charge in [-0.05, 0) is 54.2 Å². The van der Waals surface area contributed by atoms with Crippen LogP contribution in [0.4, 0.5) is 0 Å². The zero-order valence-electron chi connectivity index (χ0n) is 10.0. The van der Waals surface area contributed by atoms with Gasteiger partial charge in [-0.15, -0.1) is 11.3 Å². The first kappa shape index (κ1) is 14.5. The Morgan fingerprint density at radius 1 is 1.61 bits per heavy atom. The molecule has 18 heavy (non-hydrogen) atoms. The molecule has 0 spiro atoms. The third-order valence-corrected chi connectivity index (χ3v) is 7.09. The number of aliphatic hydroxyl groups is 1. The van der Waals surface area contributed by atoms with E-state index < -0.39 is 16.1 Å². The minimum atomic E-state index is -3.40. The Morgan fingerprint density at radius 3 is 2.89 bits per heavy atom. The van der Waals surface area contributed by atoms with Crippen LogP contribution in [0.25, 0.3) is 0 Å². The highest BCUT2D eigenvalue weighted by molar-refractivity contribution is 9.11. The largest absolute Gasteiger partial charge is 0.393 e. The first-order valence-electron chi connectivity index (χ1n) is 5.86. The van der Waals surface area contributed by atoms with Crippen molar-refractivity contribution >= 4 is 37.3 Å². The first-order chi connectivity index (χ1) is 8.41. The maximum absolute atomic E-state index is 12.5. The van der Waals surface area contributed by atoms with Gasteiger partial charge in [0.15, 0.2) is 0 Å². The van der Waals surface area contributed by atoms with Gasteiger partial charge in [0.1, 0.15) is 4.21 Å². The molecule has 0 aromatic carbocycles. The molecule has 1 saturated heterocycles. The van der Waals surface area contributed by atoms with Gasteiger partial charge >= 0.3 is 0 Å². The fourth-order valence-corrected chi connectivity index (χ4v) is 6.15. The Bertz CT molecular complexity index is 512. The zero-order chi connectivity index (χ0) is 13.3. The van der Waals surface area contributed by atoms with Crippen molar-refractivity contribution in [1.82, 2.24) is 4.31 Å². The Morgan fingerprint density at radius 2 is 2.33 bits per heavy atom. The second-order valence-corrected chi connectivity index (χ2v) is 9.14. The summed E-state index contributed by atoms with van der Waals surface area (Å²) < 4.78 is 27.7. The van der Waals surface area contributed by atoms with Gasteiger partial charge in [-0.1, -0.05) is 0 Å². The molecule has 1 N–H and O–H groups in total. The molecule has 2 atom stereocenters. The van der Waals surface area contributed by atoms with Crippen LogP contribution in [-0.4, -0.2) is 36.5 Å². The van der Waals surface area contributed by atoms with Crippen LogP contribution in [0.3, 0.4) is 0 Å². The minimum Gasteiger partial charge on any atom is -0.393 e. The topological polar surface area (TPSA) is 57.6 Å². The van der Waals surface area contributed by atoms with Crippen LogP contribution in [-0.2, 0) is 10.0 Å². The van der Waals surface area contributed by atoms with Gasteiger partial charge in [0, 0.05) is 12.6 Å². The smallest absolute Gasteiger partial charge is 0.252 e. The van der Waals surface area contributed by atoms with E-state index in [-0.39, 0.29) is 6.04 Å². The van der Waals surface area contributed by atoms with E-state index in [2.05, 4.69) is 15.9 Å². The van der Waals surface area contributed by atoms with E-state index >= 15 is 0 Å². The van der Waals surface area contributed by atoms with E-state index in [9.17, 15) is 13.5 Å². The molecule has 0 amide bonds. The summed E-state index contributed by atoms with van der Waals surface area (Å²) in [6.45, 7) is 2.25. The van der Waals surface area contributed by atoms with Gasteiger partial charge in [0.25, 0.3) is 10.0 Å². The van der Waals surface area contributed by atoms with Crippen LogP contribution in [0.5, 0.6) is 0 Å². The number of hydrogen-bond donors (Lipinski definition) is 1. The fraction of sp³-hybridized carbons (Fsp3) is 0.636. The summed E-state index contributed by atoms with van der Waals surface area (Å²) in [5.74, 6) is 0. The van der Waals surface area contributed by atoms with Crippen molar-refractivity contribution in [2.45, 2.75) is 42.5 Å². The van der Waals surface area contributed by atoms with E-state index in [0.717, 1.165) is 16.6 Å². The van der Waals surface area contributed by atoms with Crippen molar-refractivity contribution in [3.8, 4) is 0 Å². The predicted octanol–water partition coefficient (Wildman–Crippen LogP) is 2.43. The molecule has 1 aliphatic heterocycles. The molecule has 1 aromatic heterocycles. The first-order valence-corrected chi connectivity index (χ1v) is 8.91. The summed E-state index contributed by atoms with van der Waals surface area (Å²) in [6, 6.07) is 3.30. The van der Waals surface area contributed by atoms with E-state index in [1.54, 1.807) is 19.1 Å². The van der Waals surface area contributed by atoms with Gasteiger partial charge in [-0.25, -0.2) is 8.42 Å². The molecule has 2 unspecified atom stereocenters. The third-order valence-electron chi connectivity index (χ3n) is 3.05. The summed E-state index contributed by atoms with van der Waals surface area (Å²) >= 11 is 4.51. The van der Waals surface area contributed by atoms with Crippen molar-refractivity contribution in [2.24, 2.45) is 0 Å². The molecule has 2 heterocycles. The number of nitrogens with zero attached hydrogens (tertiary/aromatic N) is 1.